The lowest BCUT2D eigenvalue weighted by Gasteiger charge is -2.14. The van der Waals surface area contributed by atoms with Crippen LogP contribution >= 0.6 is 11.6 Å². The molecule has 1 aliphatic rings. The lowest BCUT2D eigenvalue weighted by Crippen LogP contribution is -2.30. The predicted molar refractivity (Wildman–Crippen MR) is 81.0 cm³/mol. The van der Waals surface area contributed by atoms with Crippen LogP contribution in [0, 0.1) is 5.41 Å². The molecule has 4 heteroatoms. The van der Waals surface area contributed by atoms with E-state index >= 15 is 0 Å². The summed E-state index contributed by atoms with van der Waals surface area (Å²) in [7, 11) is 0. The van der Waals surface area contributed by atoms with Crippen LogP contribution in [-0.2, 0) is 0 Å². The number of carbonyl (C=O) groups excluding carboxylic acids is 1. The molecule has 1 amide bonds. The molecule has 104 valence electrons. The Bertz CT molecular complexity index is 665. The minimum atomic E-state index is -0.0647. The third kappa shape index (κ3) is 2.38. The maximum Gasteiger partial charge on any atom is 0.253 e. The molecule has 0 atom stereocenters. The number of hydrogen-bond acceptors (Lipinski definition) is 2. The van der Waals surface area contributed by atoms with E-state index in [-0.39, 0.29) is 5.91 Å². The summed E-state index contributed by atoms with van der Waals surface area (Å²) in [6.45, 7) is 2.93. The van der Waals surface area contributed by atoms with Crippen molar-refractivity contribution in [2.75, 3.05) is 6.54 Å². The van der Waals surface area contributed by atoms with Crippen LogP contribution in [0.1, 0.15) is 36.5 Å². The Hall–Kier alpha value is -1.61. The summed E-state index contributed by atoms with van der Waals surface area (Å²) in [4.78, 5) is 16.5. The summed E-state index contributed by atoms with van der Waals surface area (Å²) < 4.78 is 0. The van der Waals surface area contributed by atoms with Gasteiger partial charge < -0.3 is 5.32 Å². The highest BCUT2D eigenvalue weighted by atomic mass is 35.5. The van der Waals surface area contributed by atoms with Gasteiger partial charge in [0.2, 0.25) is 0 Å². The number of amides is 1. The number of carbonyl (C=O) groups is 1. The van der Waals surface area contributed by atoms with Crippen molar-refractivity contribution in [3.05, 3.63) is 41.2 Å². The minimum absolute atomic E-state index is 0.0647. The predicted octanol–water partition coefficient (Wildman–Crippen LogP) is 3.81. The monoisotopic (exact) mass is 288 g/mol. The van der Waals surface area contributed by atoms with Crippen molar-refractivity contribution < 1.29 is 4.79 Å². The molecule has 0 radical (unpaired) electrons. The smallest absolute Gasteiger partial charge is 0.253 e. The van der Waals surface area contributed by atoms with Crippen molar-refractivity contribution in [1.82, 2.24) is 10.3 Å². The summed E-state index contributed by atoms with van der Waals surface area (Å²) in [6.07, 6.45) is 5.10. The van der Waals surface area contributed by atoms with Crippen molar-refractivity contribution in [2.24, 2.45) is 5.41 Å². The van der Waals surface area contributed by atoms with E-state index in [0.717, 1.165) is 23.7 Å². The summed E-state index contributed by atoms with van der Waals surface area (Å²) in [5.74, 6) is -0.0647. The second-order valence-corrected chi connectivity index (χ2v) is 5.90. The van der Waals surface area contributed by atoms with Crippen LogP contribution in [-0.4, -0.2) is 17.4 Å². The van der Waals surface area contributed by atoms with Gasteiger partial charge in [0.1, 0.15) is 5.15 Å². The molecule has 0 unspecified atom stereocenters. The van der Waals surface area contributed by atoms with Crippen LogP contribution in [0.25, 0.3) is 10.8 Å². The van der Waals surface area contributed by atoms with Crippen LogP contribution in [0.2, 0.25) is 5.15 Å². The van der Waals surface area contributed by atoms with Crippen LogP contribution in [0.5, 0.6) is 0 Å². The van der Waals surface area contributed by atoms with E-state index < -0.39 is 0 Å². The van der Waals surface area contributed by atoms with E-state index in [1.807, 2.05) is 24.3 Å². The Labute approximate surface area is 123 Å². The van der Waals surface area contributed by atoms with E-state index in [1.54, 1.807) is 6.20 Å². The van der Waals surface area contributed by atoms with Gasteiger partial charge in [-0.05, 0) is 30.1 Å². The summed E-state index contributed by atoms with van der Waals surface area (Å²) in [5.41, 5.74) is 0.933. The molecule has 20 heavy (non-hydrogen) atoms. The molecule has 0 aliphatic heterocycles. The second-order valence-electron chi connectivity index (χ2n) is 5.54. The molecule has 2 aromatic rings. The lowest BCUT2D eigenvalue weighted by atomic mass is 10.0. The number of hydrogen-bond donors (Lipinski definition) is 1. The van der Waals surface area contributed by atoms with E-state index in [9.17, 15) is 4.79 Å². The van der Waals surface area contributed by atoms with Gasteiger partial charge in [-0.15, -0.1) is 0 Å². The number of fused-ring (bicyclic) bond motifs is 1. The number of nitrogens with one attached hydrogen (secondary N) is 1. The van der Waals surface area contributed by atoms with E-state index in [1.165, 1.54) is 12.8 Å². The topological polar surface area (TPSA) is 42.0 Å². The van der Waals surface area contributed by atoms with Gasteiger partial charge in [0.05, 0.1) is 5.56 Å². The highest BCUT2D eigenvalue weighted by Gasteiger charge is 2.40. The molecule has 1 heterocycles. The SMILES string of the molecule is CCC1(CNC(=O)c2cnc(Cl)c3ccccc23)CC1. The molecule has 0 bridgehead atoms. The molecule has 0 spiro atoms. The Kier molecular flexibility index (Phi) is 3.38. The Morgan fingerprint density at radius 1 is 1.35 bits per heavy atom. The van der Waals surface area contributed by atoms with Gasteiger partial charge in [-0.3, -0.25) is 4.79 Å². The van der Waals surface area contributed by atoms with E-state index in [0.29, 0.717) is 16.1 Å². The van der Waals surface area contributed by atoms with Crippen molar-refractivity contribution in [3.8, 4) is 0 Å². The van der Waals surface area contributed by atoms with E-state index in [2.05, 4.69) is 17.2 Å². The molecule has 1 N–H and O–H groups in total. The zero-order valence-corrected chi connectivity index (χ0v) is 12.2. The third-order valence-corrected chi connectivity index (χ3v) is 4.62. The number of halogens is 1. The lowest BCUT2D eigenvalue weighted by molar-refractivity contribution is 0.0945. The molecule has 1 aliphatic carbocycles. The summed E-state index contributed by atoms with van der Waals surface area (Å²) in [5, 5.41) is 5.15. The zero-order valence-electron chi connectivity index (χ0n) is 11.4. The van der Waals surface area contributed by atoms with Crippen LogP contribution in [0.15, 0.2) is 30.5 Å². The van der Waals surface area contributed by atoms with Gasteiger partial charge >= 0.3 is 0 Å². The Morgan fingerprint density at radius 3 is 2.70 bits per heavy atom. The molecule has 1 fully saturated rings. The van der Waals surface area contributed by atoms with Gasteiger partial charge in [0, 0.05) is 18.1 Å². The summed E-state index contributed by atoms with van der Waals surface area (Å²) >= 11 is 6.07. The van der Waals surface area contributed by atoms with Gasteiger partial charge in [-0.25, -0.2) is 4.98 Å². The number of aromatic nitrogens is 1. The number of rotatable bonds is 4. The normalized spacial score (nSPS) is 16.1. The molecule has 3 rings (SSSR count). The first-order valence-corrected chi connectivity index (χ1v) is 7.34. The van der Waals surface area contributed by atoms with Gasteiger partial charge in [-0.2, -0.15) is 0 Å². The quantitative estimate of drug-likeness (QED) is 0.869. The highest BCUT2D eigenvalue weighted by molar-refractivity contribution is 6.34. The first-order chi connectivity index (χ1) is 9.65. The maximum absolute atomic E-state index is 12.4. The molecular weight excluding hydrogens is 272 g/mol. The average Bonchev–Trinajstić information content (AvgIpc) is 3.26. The molecule has 1 aromatic carbocycles. The van der Waals surface area contributed by atoms with Gasteiger partial charge in [0.25, 0.3) is 5.91 Å². The standard InChI is InChI=1S/C16H17ClN2O/c1-2-16(7-8-16)10-19-15(20)13-9-18-14(17)12-6-4-3-5-11(12)13/h3-6,9H,2,7-8,10H2,1H3,(H,19,20). The largest absolute Gasteiger partial charge is 0.351 e. The first kappa shape index (κ1) is 13.4. The number of benzene rings is 1. The van der Waals surface area contributed by atoms with Gasteiger partial charge in [-0.1, -0.05) is 42.8 Å². The van der Waals surface area contributed by atoms with Crippen LogP contribution in [0.3, 0.4) is 0 Å². The van der Waals surface area contributed by atoms with Crippen molar-refractivity contribution in [3.63, 3.8) is 0 Å². The van der Waals surface area contributed by atoms with Crippen molar-refractivity contribution >= 4 is 28.3 Å². The Morgan fingerprint density at radius 2 is 2.05 bits per heavy atom. The number of pyridine rings is 1. The molecule has 1 saturated carbocycles. The second kappa shape index (κ2) is 5.06. The molecular formula is C16H17ClN2O. The minimum Gasteiger partial charge on any atom is -0.351 e. The summed E-state index contributed by atoms with van der Waals surface area (Å²) in [6, 6.07) is 7.60. The van der Waals surface area contributed by atoms with Gasteiger partial charge in [0.15, 0.2) is 0 Å². The first-order valence-electron chi connectivity index (χ1n) is 6.97. The fourth-order valence-corrected chi connectivity index (χ4v) is 2.75. The van der Waals surface area contributed by atoms with Crippen LogP contribution < -0.4 is 5.32 Å². The molecule has 3 nitrogen and oxygen atoms in total. The van der Waals surface area contributed by atoms with Crippen molar-refractivity contribution in [2.45, 2.75) is 26.2 Å². The third-order valence-electron chi connectivity index (χ3n) is 4.32. The average molecular weight is 289 g/mol. The maximum atomic E-state index is 12.4. The molecule has 1 aromatic heterocycles. The zero-order chi connectivity index (χ0) is 14.2. The van der Waals surface area contributed by atoms with E-state index in [4.69, 9.17) is 11.6 Å². The fraction of sp³-hybridized carbons (Fsp3) is 0.375. The van der Waals surface area contributed by atoms with Crippen molar-refractivity contribution in [1.29, 1.82) is 0 Å². The van der Waals surface area contributed by atoms with Crippen LogP contribution in [0.4, 0.5) is 0 Å². The highest BCUT2D eigenvalue weighted by Crippen LogP contribution is 2.47. The fourth-order valence-electron chi connectivity index (χ4n) is 2.53. The number of nitrogens with zero attached hydrogens (tertiary/aromatic N) is 1. The Balaban J connectivity index is 1.86. The molecule has 0 saturated heterocycles.